The molecule has 2 nitrogen and oxygen atoms in total. The van der Waals surface area contributed by atoms with Gasteiger partial charge in [0.2, 0.25) is 9.05 Å². The Morgan fingerprint density at radius 1 is 1.18 bits per heavy atom. The fourth-order valence-corrected chi connectivity index (χ4v) is 3.79. The molecule has 0 aromatic rings. The van der Waals surface area contributed by atoms with Gasteiger partial charge in [-0.2, -0.15) is 0 Å². The van der Waals surface area contributed by atoms with Crippen LogP contribution in [0.2, 0.25) is 0 Å². The average Bonchev–Trinajstić information content (AvgIpc) is 1.86. The molecule has 0 amide bonds. The predicted octanol–water partition coefficient (Wildman–Crippen LogP) is 2.10. The zero-order chi connectivity index (χ0) is 8.48. The van der Waals surface area contributed by atoms with Crippen molar-refractivity contribution in [2.24, 2.45) is 0 Å². The van der Waals surface area contributed by atoms with Crippen LogP contribution in [0.25, 0.3) is 0 Å². The molecule has 0 heterocycles. The van der Waals surface area contributed by atoms with Crippen molar-refractivity contribution in [1.82, 2.24) is 0 Å². The summed E-state index contributed by atoms with van der Waals surface area (Å²) < 4.78 is 21.8. The maximum atomic E-state index is 10.9. The highest BCUT2D eigenvalue weighted by Crippen LogP contribution is 2.29. The third kappa shape index (κ3) is 2.49. The molecule has 66 valence electrons. The molecule has 0 aromatic carbocycles. The molecule has 1 aliphatic rings. The van der Waals surface area contributed by atoms with Crippen LogP contribution in [-0.4, -0.2) is 19.0 Å². The Bertz CT molecular complexity index is 225. The van der Waals surface area contributed by atoms with Crippen LogP contribution in [0, 0.1) is 0 Å². The second kappa shape index (κ2) is 3.50. The first-order valence-corrected chi connectivity index (χ1v) is 6.40. The van der Waals surface area contributed by atoms with E-state index >= 15 is 0 Å². The van der Waals surface area contributed by atoms with E-state index in [-0.39, 0.29) is 5.38 Å². The molecule has 11 heavy (non-hydrogen) atoms. The van der Waals surface area contributed by atoms with Crippen molar-refractivity contribution in [3.63, 3.8) is 0 Å². The Labute approximate surface area is 76.3 Å². The lowest BCUT2D eigenvalue weighted by Crippen LogP contribution is -2.30. The van der Waals surface area contributed by atoms with Gasteiger partial charge in [-0.3, -0.25) is 0 Å². The molecule has 0 N–H and O–H groups in total. The molecule has 0 spiro atoms. The molecular formula is C6H10Cl2O2S. The van der Waals surface area contributed by atoms with E-state index in [9.17, 15) is 8.42 Å². The zero-order valence-electron chi connectivity index (χ0n) is 5.96. The summed E-state index contributed by atoms with van der Waals surface area (Å²) in [5, 5.41) is -0.814. The first-order chi connectivity index (χ1) is 5.02. The smallest absolute Gasteiger partial charge is 0.212 e. The highest BCUT2D eigenvalue weighted by atomic mass is 35.7. The second-order valence-electron chi connectivity index (χ2n) is 2.81. The summed E-state index contributed by atoms with van der Waals surface area (Å²) >= 11 is 5.80. The van der Waals surface area contributed by atoms with Gasteiger partial charge in [0.05, 0.1) is 10.6 Å². The third-order valence-electron chi connectivity index (χ3n) is 1.98. The molecule has 0 bridgehead atoms. The minimum Gasteiger partial charge on any atom is -0.212 e. The van der Waals surface area contributed by atoms with Crippen LogP contribution in [0.4, 0.5) is 0 Å². The first-order valence-electron chi connectivity index (χ1n) is 3.59. The number of hydrogen-bond acceptors (Lipinski definition) is 2. The van der Waals surface area contributed by atoms with Crippen molar-refractivity contribution < 1.29 is 8.42 Å². The van der Waals surface area contributed by atoms with Crippen LogP contribution in [0.15, 0.2) is 0 Å². The Morgan fingerprint density at radius 2 is 1.73 bits per heavy atom. The van der Waals surface area contributed by atoms with Crippen LogP contribution >= 0.6 is 22.3 Å². The molecular weight excluding hydrogens is 207 g/mol. The van der Waals surface area contributed by atoms with Crippen molar-refractivity contribution in [3.8, 4) is 0 Å². The van der Waals surface area contributed by atoms with Gasteiger partial charge in [0.15, 0.2) is 0 Å². The lowest BCUT2D eigenvalue weighted by atomic mass is 10.00. The molecule has 0 radical (unpaired) electrons. The molecule has 1 aliphatic carbocycles. The van der Waals surface area contributed by atoms with E-state index in [4.69, 9.17) is 22.3 Å². The largest absolute Gasteiger partial charge is 0.236 e. The van der Waals surface area contributed by atoms with Gasteiger partial charge in [-0.05, 0) is 12.8 Å². The van der Waals surface area contributed by atoms with Crippen LogP contribution in [0.1, 0.15) is 25.7 Å². The van der Waals surface area contributed by atoms with E-state index in [2.05, 4.69) is 0 Å². The standard InChI is InChI=1S/C6H10Cl2O2S/c7-5-3-1-2-4-6(5)11(8,9)10/h5-6H,1-4H2/t5-,6-/m0/s1. The van der Waals surface area contributed by atoms with E-state index in [0.717, 1.165) is 19.3 Å². The Balaban J connectivity index is 2.70. The molecule has 0 saturated heterocycles. The minimum atomic E-state index is -3.43. The molecule has 0 aromatic heterocycles. The lowest BCUT2D eigenvalue weighted by Gasteiger charge is -2.23. The number of hydrogen-bond donors (Lipinski definition) is 0. The van der Waals surface area contributed by atoms with E-state index in [1.54, 1.807) is 0 Å². The molecule has 1 saturated carbocycles. The molecule has 0 unspecified atom stereocenters. The normalized spacial score (nSPS) is 33.6. The van der Waals surface area contributed by atoms with Crippen molar-refractivity contribution in [3.05, 3.63) is 0 Å². The highest BCUT2D eigenvalue weighted by molar-refractivity contribution is 8.14. The van der Waals surface area contributed by atoms with Crippen molar-refractivity contribution in [2.75, 3.05) is 0 Å². The lowest BCUT2D eigenvalue weighted by molar-refractivity contribution is 0.496. The summed E-state index contributed by atoms with van der Waals surface area (Å²) in [6.07, 6.45) is 3.30. The summed E-state index contributed by atoms with van der Waals surface area (Å²) in [4.78, 5) is 0. The molecule has 1 rings (SSSR count). The molecule has 0 aliphatic heterocycles. The van der Waals surface area contributed by atoms with Gasteiger partial charge in [-0.25, -0.2) is 8.42 Å². The van der Waals surface area contributed by atoms with Crippen molar-refractivity contribution >= 4 is 31.3 Å². The second-order valence-corrected chi connectivity index (χ2v) is 6.22. The van der Waals surface area contributed by atoms with Crippen molar-refractivity contribution in [1.29, 1.82) is 0 Å². The van der Waals surface area contributed by atoms with E-state index in [0.29, 0.717) is 6.42 Å². The maximum absolute atomic E-state index is 10.9. The zero-order valence-corrected chi connectivity index (χ0v) is 8.29. The summed E-state index contributed by atoms with van der Waals surface area (Å²) in [6.45, 7) is 0. The fraction of sp³-hybridized carbons (Fsp3) is 1.00. The summed E-state index contributed by atoms with van der Waals surface area (Å²) in [5.74, 6) is 0. The quantitative estimate of drug-likeness (QED) is 0.498. The fourth-order valence-electron chi connectivity index (χ4n) is 1.37. The van der Waals surface area contributed by atoms with Gasteiger partial charge in [0, 0.05) is 10.7 Å². The monoisotopic (exact) mass is 216 g/mol. The van der Waals surface area contributed by atoms with Crippen LogP contribution in [-0.2, 0) is 9.05 Å². The Hall–Kier alpha value is 0.530. The van der Waals surface area contributed by atoms with Gasteiger partial charge in [0.25, 0.3) is 0 Å². The summed E-state index contributed by atoms with van der Waals surface area (Å²) in [6, 6.07) is 0. The number of halogens is 2. The van der Waals surface area contributed by atoms with Gasteiger partial charge in [-0.1, -0.05) is 12.8 Å². The molecule has 5 heteroatoms. The topological polar surface area (TPSA) is 34.1 Å². The SMILES string of the molecule is O=S(=O)(Cl)[C@H]1CCCC[C@@H]1Cl. The van der Waals surface area contributed by atoms with E-state index in [1.807, 2.05) is 0 Å². The average molecular weight is 217 g/mol. The van der Waals surface area contributed by atoms with Crippen molar-refractivity contribution in [2.45, 2.75) is 36.3 Å². The molecule has 1 fully saturated rings. The third-order valence-corrected chi connectivity index (χ3v) is 4.63. The molecule has 2 atom stereocenters. The van der Waals surface area contributed by atoms with Crippen LogP contribution in [0.3, 0.4) is 0 Å². The minimum absolute atomic E-state index is 0.286. The first kappa shape index (κ1) is 9.62. The maximum Gasteiger partial charge on any atom is 0.236 e. The van der Waals surface area contributed by atoms with Gasteiger partial charge < -0.3 is 0 Å². The predicted molar refractivity (Wildman–Crippen MR) is 46.7 cm³/mol. The van der Waals surface area contributed by atoms with E-state index in [1.165, 1.54) is 0 Å². The van der Waals surface area contributed by atoms with E-state index < -0.39 is 14.3 Å². The van der Waals surface area contributed by atoms with Gasteiger partial charge in [0.1, 0.15) is 0 Å². The number of rotatable bonds is 1. The number of alkyl halides is 1. The van der Waals surface area contributed by atoms with Crippen LogP contribution in [0.5, 0.6) is 0 Å². The van der Waals surface area contributed by atoms with Gasteiger partial charge >= 0.3 is 0 Å². The van der Waals surface area contributed by atoms with Gasteiger partial charge in [-0.15, -0.1) is 11.6 Å². The Morgan fingerprint density at radius 3 is 2.09 bits per heavy atom. The highest BCUT2D eigenvalue weighted by Gasteiger charge is 2.32. The summed E-state index contributed by atoms with van der Waals surface area (Å²) in [7, 11) is 1.76. The Kier molecular flexibility index (Phi) is 3.06. The van der Waals surface area contributed by atoms with Crippen LogP contribution < -0.4 is 0 Å². The summed E-state index contributed by atoms with van der Waals surface area (Å²) in [5.41, 5.74) is 0.